The smallest absolute Gasteiger partial charge is 0.127 e. The van der Waals surface area contributed by atoms with Crippen molar-refractivity contribution in [1.29, 1.82) is 0 Å². The number of para-hydroxylation sites is 1. The molecule has 1 spiro atoms. The molecule has 0 radical (unpaired) electrons. The number of aliphatic hydroxyl groups is 1. The average Bonchev–Trinajstić information content (AvgIpc) is 3.49. The summed E-state index contributed by atoms with van der Waals surface area (Å²) in [6.45, 7) is 12.1. The summed E-state index contributed by atoms with van der Waals surface area (Å²) in [5.41, 5.74) is 6.59. The van der Waals surface area contributed by atoms with E-state index in [1.165, 1.54) is 37.7 Å². The third kappa shape index (κ3) is 5.15. The van der Waals surface area contributed by atoms with E-state index in [2.05, 4.69) is 62.9 Å². The molecular formula is C41H53NO3. The van der Waals surface area contributed by atoms with Crippen LogP contribution in [0.2, 0.25) is 0 Å². The van der Waals surface area contributed by atoms with E-state index in [4.69, 9.17) is 9.47 Å². The first kappa shape index (κ1) is 30.0. The van der Waals surface area contributed by atoms with E-state index in [0.29, 0.717) is 29.9 Å². The van der Waals surface area contributed by atoms with E-state index in [-0.39, 0.29) is 17.1 Å². The minimum atomic E-state index is -0.131. The Bertz CT molecular complexity index is 1460. The molecule has 4 heteroatoms. The minimum Gasteiger partial charge on any atom is -0.457 e. The number of hydrogen-bond donors (Lipinski definition) is 1. The van der Waals surface area contributed by atoms with E-state index < -0.39 is 0 Å². The number of nitrogens with zero attached hydrogens (tertiary/aromatic N) is 1. The van der Waals surface area contributed by atoms with E-state index in [9.17, 15) is 5.11 Å². The van der Waals surface area contributed by atoms with Crippen LogP contribution >= 0.6 is 0 Å². The molecule has 0 aromatic heterocycles. The summed E-state index contributed by atoms with van der Waals surface area (Å²) in [7, 11) is 0. The number of piperidine rings is 1. The lowest BCUT2D eigenvalue weighted by Gasteiger charge is -2.49. The normalized spacial score (nSPS) is 41.1. The molecule has 240 valence electrons. The molecule has 2 unspecified atom stereocenters. The summed E-state index contributed by atoms with van der Waals surface area (Å²) in [5, 5.41) is 10.4. The first-order chi connectivity index (χ1) is 21.7. The highest BCUT2D eigenvalue weighted by atomic mass is 16.5. The van der Waals surface area contributed by atoms with Gasteiger partial charge in [-0.25, -0.2) is 0 Å². The Kier molecular flexibility index (Phi) is 7.58. The van der Waals surface area contributed by atoms with Crippen LogP contribution in [0.4, 0.5) is 0 Å². The van der Waals surface area contributed by atoms with Crippen molar-refractivity contribution in [2.24, 2.45) is 35.0 Å². The third-order valence-electron chi connectivity index (χ3n) is 13.6. The molecule has 45 heavy (non-hydrogen) atoms. The fraction of sp³-hybridized carbons (Fsp3) is 0.610. The second-order valence-electron chi connectivity index (χ2n) is 16.2. The molecule has 10 atom stereocenters. The van der Waals surface area contributed by atoms with Gasteiger partial charge in [0.25, 0.3) is 0 Å². The molecule has 2 saturated carbocycles. The highest BCUT2D eigenvalue weighted by molar-refractivity contribution is 5.35. The van der Waals surface area contributed by atoms with Gasteiger partial charge in [0.2, 0.25) is 0 Å². The molecule has 1 N–H and O–H groups in total. The number of likely N-dealkylation sites (tertiary alicyclic amines) is 1. The molecule has 8 rings (SSSR count). The van der Waals surface area contributed by atoms with Gasteiger partial charge in [0.05, 0.1) is 17.8 Å². The number of ether oxygens (including phenoxy) is 2. The lowest BCUT2D eigenvalue weighted by atomic mass is 9.56. The first-order valence-electron chi connectivity index (χ1n) is 18.0. The van der Waals surface area contributed by atoms with Crippen molar-refractivity contribution in [3.63, 3.8) is 0 Å². The van der Waals surface area contributed by atoms with Crippen LogP contribution in [-0.4, -0.2) is 40.4 Å². The van der Waals surface area contributed by atoms with Crippen LogP contribution in [0, 0.1) is 35.0 Å². The predicted octanol–water partition coefficient (Wildman–Crippen LogP) is 9.10. The highest BCUT2D eigenvalue weighted by Gasteiger charge is 2.59. The first-order valence-corrected chi connectivity index (χ1v) is 18.0. The van der Waals surface area contributed by atoms with E-state index in [1.54, 1.807) is 16.7 Å². The molecule has 4 fully saturated rings. The lowest BCUT2D eigenvalue weighted by Crippen LogP contribution is -2.51. The van der Waals surface area contributed by atoms with Crippen molar-refractivity contribution in [3.05, 3.63) is 83.0 Å². The Labute approximate surface area is 270 Å². The summed E-state index contributed by atoms with van der Waals surface area (Å²) in [4.78, 5) is 2.77. The molecular weight excluding hydrogens is 554 g/mol. The molecule has 0 amide bonds. The van der Waals surface area contributed by atoms with Crippen molar-refractivity contribution < 1.29 is 14.6 Å². The summed E-state index contributed by atoms with van der Waals surface area (Å²) >= 11 is 0. The molecule has 4 nitrogen and oxygen atoms in total. The summed E-state index contributed by atoms with van der Waals surface area (Å²) < 4.78 is 13.4. The van der Waals surface area contributed by atoms with Crippen LogP contribution in [0.25, 0.3) is 0 Å². The SMILES string of the molecule is CC1=C2C[C@H]3C(CC=C4C[C@@H](O)CC[C@@]43C)[C@@H]2CC[C@@]2(C1)OC1C[C@H](C)CN(Cc3ccc(Oc4ccccc4)cc3)[C@H]1[C@H]2C. The second kappa shape index (κ2) is 11.4. The minimum absolute atomic E-state index is 0.0452. The number of benzene rings is 2. The number of allylic oxidation sites excluding steroid dienone is 2. The molecule has 2 heterocycles. The fourth-order valence-corrected chi connectivity index (χ4v) is 11.3. The van der Waals surface area contributed by atoms with Gasteiger partial charge in [-0.2, -0.15) is 0 Å². The van der Waals surface area contributed by atoms with E-state index in [1.807, 2.05) is 30.3 Å². The summed E-state index contributed by atoms with van der Waals surface area (Å²) in [6, 6.07) is 19.2. The van der Waals surface area contributed by atoms with Crippen LogP contribution in [0.3, 0.4) is 0 Å². The zero-order chi connectivity index (χ0) is 30.9. The van der Waals surface area contributed by atoms with Crippen LogP contribution < -0.4 is 4.74 Å². The standard InChI is InChI=1S/C41H53NO3/c1-26-20-38-39(42(24-26)25-29-10-13-33(14-11-29)44-32-8-6-5-7-9-32)28(3)41(45-38)19-17-34-35-15-12-30-21-31(43)16-18-40(30,4)37(35)22-36(34)27(2)23-41/h5-14,26,28,31,34-35,37-39,43H,15-25H2,1-4H3/t26-,28+,31-,34-,35?,37-,38?,39-,40-,41-/m0/s1. The quantitative estimate of drug-likeness (QED) is 0.352. The number of aliphatic hydroxyl groups excluding tert-OH is 1. The molecule has 2 aromatic rings. The van der Waals surface area contributed by atoms with Gasteiger partial charge in [0.15, 0.2) is 0 Å². The zero-order valence-electron chi connectivity index (χ0n) is 27.9. The zero-order valence-corrected chi connectivity index (χ0v) is 27.9. The van der Waals surface area contributed by atoms with Gasteiger partial charge >= 0.3 is 0 Å². The number of fused-ring (bicyclic) bond motifs is 6. The van der Waals surface area contributed by atoms with Gasteiger partial charge in [-0.1, -0.05) is 73.9 Å². The topological polar surface area (TPSA) is 41.9 Å². The third-order valence-corrected chi connectivity index (χ3v) is 13.6. The summed E-state index contributed by atoms with van der Waals surface area (Å²) in [6.07, 6.45) is 13.0. The Hall–Kier alpha value is -2.40. The maximum atomic E-state index is 10.4. The molecule has 6 aliphatic rings. The van der Waals surface area contributed by atoms with Gasteiger partial charge in [-0.05, 0) is 124 Å². The Morgan fingerprint density at radius 1 is 0.978 bits per heavy atom. The largest absolute Gasteiger partial charge is 0.457 e. The van der Waals surface area contributed by atoms with Crippen molar-refractivity contribution in [3.8, 4) is 11.5 Å². The van der Waals surface area contributed by atoms with Crippen molar-refractivity contribution >= 4 is 0 Å². The monoisotopic (exact) mass is 607 g/mol. The Morgan fingerprint density at radius 2 is 1.76 bits per heavy atom. The number of rotatable bonds is 4. The maximum absolute atomic E-state index is 10.4. The van der Waals surface area contributed by atoms with Gasteiger partial charge in [-0.15, -0.1) is 0 Å². The predicted molar refractivity (Wildman–Crippen MR) is 180 cm³/mol. The van der Waals surface area contributed by atoms with Crippen LogP contribution in [0.15, 0.2) is 77.4 Å². The number of hydrogen-bond acceptors (Lipinski definition) is 4. The molecule has 4 aliphatic carbocycles. The van der Waals surface area contributed by atoms with Gasteiger partial charge in [0.1, 0.15) is 11.5 Å². The van der Waals surface area contributed by atoms with Crippen molar-refractivity contribution in [2.45, 2.75) is 116 Å². The van der Waals surface area contributed by atoms with Gasteiger partial charge in [0, 0.05) is 25.0 Å². The second-order valence-corrected chi connectivity index (χ2v) is 16.2. The van der Waals surface area contributed by atoms with E-state index >= 15 is 0 Å². The van der Waals surface area contributed by atoms with Crippen LogP contribution in [0.1, 0.15) is 91.0 Å². The Morgan fingerprint density at radius 3 is 2.56 bits per heavy atom. The van der Waals surface area contributed by atoms with Crippen molar-refractivity contribution in [2.75, 3.05) is 6.54 Å². The van der Waals surface area contributed by atoms with Crippen LogP contribution in [0.5, 0.6) is 11.5 Å². The molecule has 0 bridgehead atoms. The summed E-state index contributed by atoms with van der Waals surface area (Å²) in [5.74, 6) is 5.13. The highest BCUT2D eigenvalue weighted by Crippen LogP contribution is 2.64. The van der Waals surface area contributed by atoms with E-state index in [0.717, 1.165) is 62.1 Å². The Balaban J connectivity index is 1.000. The van der Waals surface area contributed by atoms with Crippen LogP contribution in [-0.2, 0) is 11.3 Å². The average molecular weight is 608 g/mol. The van der Waals surface area contributed by atoms with Gasteiger partial charge in [-0.3, -0.25) is 4.90 Å². The fourth-order valence-electron chi connectivity index (χ4n) is 11.3. The molecule has 2 aliphatic heterocycles. The maximum Gasteiger partial charge on any atom is 0.127 e. The van der Waals surface area contributed by atoms with Gasteiger partial charge < -0.3 is 14.6 Å². The molecule has 2 saturated heterocycles. The van der Waals surface area contributed by atoms with Crippen molar-refractivity contribution in [1.82, 2.24) is 4.90 Å². The lowest BCUT2D eigenvalue weighted by molar-refractivity contribution is -0.0798. The molecule has 2 aromatic carbocycles.